The van der Waals surface area contributed by atoms with E-state index in [-0.39, 0.29) is 6.61 Å². The zero-order valence-corrected chi connectivity index (χ0v) is 7.99. The summed E-state index contributed by atoms with van der Waals surface area (Å²) in [5, 5.41) is 10.1. The minimum atomic E-state index is -0.721. The second-order valence-corrected chi connectivity index (χ2v) is 3.68. The number of hydrogen-bond acceptors (Lipinski definition) is 3. The van der Waals surface area contributed by atoms with Crippen molar-refractivity contribution in [1.29, 1.82) is 0 Å². The summed E-state index contributed by atoms with van der Waals surface area (Å²) in [6, 6.07) is 3.79. The standard InChI is InChI=1S/C10H13N3O/c1-10(11,6-14)8-5-13-9-7(8)3-2-4-12-9/h2-5,14H,6,11H2,1H3,(H,12,13)/t10-/m1/s1. The Bertz CT molecular complexity index is 447. The van der Waals surface area contributed by atoms with Gasteiger partial charge in [0.05, 0.1) is 12.1 Å². The van der Waals surface area contributed by atoms with Crippen LogP contribution in [0.1, 0.15) is 12.5 Å². The molecule has 4 heteroatoms. The van der Waals surface area contributed by atoms with Crippen LogP contribution in [0.2, 0.25) is 0 Å². The Balaban J connectivity index is 2.64. The lowest BCUT2D eigenvalue weighted by Crippen LogP contribution is -2.36. The summed E-state index contributed by atoms with van der Waals surface area (Å²) in [6.45, 7) is 1.71. The molecule has 0 aliphatic rings. The summed E-state index contributed by atoms with van der Waals surface area (Å²) in [7, 11) is 0. The van der Waals surface area contributed by atoms with Crippen molar-refractivity contribution in [2.75, 3.05) is 6.61 Å². The van der Waals surface area contributed by atoms with Gasteiger partial charge in [-0.1, -0.05) is 0 Å². The van der Waals surface area contributed by atoms with Gasteiger partial charge in [0.1, 0.15) is 5.65 Å². The normalized spacial score (nSPS) is 15.6. The molecule has 1 atom stereocenters. The first-order valence-electron chi connectivity index (χ1n) is 4.47. The summed E-state index contributed by atoms with van der Waals surface area (Å²) < 4.78 is 0. The maximum Gasteiger partial charge on any atom is 0.137 e. The third kappa shape index (κ3) is 1.29. The molecule has 74 valence electrons. The van der Waals surface area contributed by atoms with E-state index < -0.39 is 5.54 Å². The maximum absolute atomic E-state index is 9.17. The molecule has 2 heterocycles. The molecule has 2 aromatic heterocycles. The average Bonchev–Trinajstić information content (AvgIpc) is 2.61. The van der Waals surface area contributed by atoms with Crippen molar-refractivity contribution in [2.24, 2.45) is 5.73 Å². The first-order valence-corrected chi connectivity index (χ1v) is 4.47. The largest absolute Gasteiger partial charge is 0.394 e. The molecule has 0 radical (unpaired) electrons. The van der Waals surface area contributed by atoms with Gasteiger partial charge in [-0.25, -0.2) is 4.98 Å². The predicted octanol–water partition coefficient (Wildman–Crippen LogP) is 0.729. The molecule has 0 fully saturated rings. The molecule has 0 aliphatic carbocycles. The zero-order chi connectivity index (χ0) is 10.2. The molecule has 14 heavy (non-hydrogen) atoms. The number of aromatic amines is 1. The van der Waals surface area contributed by atoms with Crippen molar-refractivity contribution < 1.29 is 5.11 Å². The smallest absolute Gasteiger partial charge is 0.137 e. The van der Waals surface area contributed by atoms with Gasteiger partial charge in [0, 0.05) is 23.3 Å². The van der Waals surface area contributed by atoms with Crippen molar-refractivity contribution in [3.8, 4) is 0 Å². The van der Waals surface area contributed by atoms with Gasteiger partial charge in [-0.05, 0) is 19.1 Å². The SMILES string of the molecule is C[C@@](N)(CO)c1c[nH]c2ncccc12. The number of aliphatic hydroxyl groups is 1. The fraction of sp³-hybridized carbons (Fsp3) is 0.300. The summed E-state index contributed by atoms with van der Waals surface area (Å²) in [5.74, 6) is 0. The summed E-state index contributed by atoms with van der Waals surface area (Å²) in [4.78, 5) is 7.18. The van der Waals surface area contributed by atoms with E-state index in [0.717, 1.165) is 16.6 Å². The first-order chi connectivity index (χ1) is 6.65. The second kappa shape index (κ2) is 3.08. The first kappa shape index (κ1) is 9.18. The highest BCUT2D eigenvalue weighted by atomic mass is 16.3. The molecule has 0 bridgehead atoms. The number of aromatic nitrogens is 2. The average molecular weight is 191 g/mol. The van der Waals surface area contributed by atoms with Crippen LogP contribution in [0.4, 0.5) is 0 Å². The molecule has 4 N–H and O–H groups in total. The number of aliphatic hydroxyl groups excluding tert-OH is 1. The fourth-order valence-corrected chi connectivity index (χ4v) is 1.51. The van der Waals surface area contributed by atoms with E-state index in [4.69, 9.17) is 10.8 Å². The third-order valence-corrected chi connectivity index (χ3v) is 2.39. The monoisotopic (exact) mass is 191 g/mol. The van der Waals surface area contributed by atoms with Crippen LogP contribution in [-0.2, 0) is 5.54 Å². The van der Waals surface area contributed by atoms with Crippen LogP contribution < -0.4 is 5.73 Å². The maximum atomic E-state index is 9.17. The number of nitrogens with two attached hydrogens (primary N) is 1. The van der Waals surface area contributed by atoms with Gasteiger partial charge in [0.25, 0.3) is 0 Å². The van der Waals surface area contributed by atoms with E-state index in [1.54, 1.807) is 19.3 Å². The lowest BCUT2D eigenvalue weighted by Gasteiger charge is -2.20. The van der Waals surface area contributed by atoms with Crippen LogP contribution in [0.25, 0.3) is 11.0 Å². The lowest BCUT2D eigenvalue weighted by molar-refractivity contribution is 0.211. The fourth-order valence-electron chi connectivity index (χ4n) is 1.51. The quantitative estimate of drug-likeness (QED) is 0.655. The Morgan fingerprint density at radius 2 is 2.43 bits per heavy atom. The molecule has 0 amide bonds. The number of pyridine rings is 1. The number of fused-ring (bicyclic) bond motifs is 1. The van der Waals surface area contributed by atoms with Crippen molar-refractivity contribution in [3.63, 3.8) is 0 Å². The lowest BCUT2D eigenvalue weighted by atomic mass is 9.94. The van der Waals surface area contributed by atoms with Crippen molar-refractivity contribution in [2.45, 2.75) is 12.5 Å². The number of hydrogen-bond donors (Lipinski definition) is 3. The predicted molar refractivity (Wildman–Crippen MR) is 54.7 cm³/mol. The summed E-state index contributed by atoms with van der Waals surface area (Å²) >= 11 is 0. The molecule has 0 aromatic carbocycles. The summed E-state index contributed by atoms with van der Waals surface area (Å²) in [6.07, 6.45) is 3.52. The van der Waals surface area contributed by atoms with E-state index in [9.17, 15) is 0 Å². The van der Waals surface area contributed by atoms with Crippen LogP contribution in [0.3, 0.4) is 0 Å². The highest BCUT2D eigenvalue weighted by Crippen LogP contribution is 2.24. The van der Waals surface area contributed by atoms with Crippen LogP contribution >= 0.6 is 0 Å². The Morgan fingerprint density at radius 3 is 3.14 bits per heavy atom. The Morgan fingerprint density at radius 1 is 1.64 bits per heavy atom. The Kier molecular flexibility index (Phi) is 2.02. The molecule has 0 aliphatic heterocycles. The van der Waals surface area contributed by atoms with E-state index in [1.165, 1.54) is 0 Å². The number of nitrogens with zero attached hydrogens (tertiary/aromatic N) is 1. The van der Waals surface area contributed by atoms with Gasteiger partial charge >= 0.3 is 0 Å². The van der Waals surface area contributed by atoms with Crippen molar-refractivity contribution in [1.82, 2.24) is 9.97 Å². The molecule has 0 saturated carbocycles. The minimum Gasteiger partial charge on any atom is -0.394 e. The second-order valence-electron chi connectivity index (χ2n) is 3.68. The highest BCUT2D eigenvalue weighted by Gasteiger charge is 2.23. The van der Waals surface area contributed by atoms with Crippen molar-refractivity contribution in [3.05, 3.63) is 30.1 Å². The van der Waals surface area contributed by atoms with E-state index >= 15 is 0 Å². The van der Waals surface area contributed by atoms with Crippen LogP contribution in [-0.4, -0.2) is 21.7 Å². The minimum absolute atomic E-state index is 0.0884. The Hall–Kier alpha value is -1.39. The molecule has 0 saturated heterocycles. The van der Waals surface area contributed by atoms with Crippen LogP contribution in [0.15, 0.2) is 24.5 Å². The van der Waals surface area contributed by atoms with E-state index in [0.29, 0.717) is 0 Å². The molecule has 2 aromatic rings. The highest BCUT2D eigenvalue weighted by molar-refractivity contribution is 5.80. The zero-order valence-electron chi connectivity index (χ0n) is 7.99. The molecule has 2 rings (SSSR count). The third-order valence-electron chi connectivity index (χ3n) is 2.39. The van der Waals surface area contributed by atoms with Gasteiger partial charge < -0.3 is 15.8 Å². The van der Waals surface area contributed by atoms with Gasteiger partial charge in [-0.15, -0.1) is 0 Å². The molecule has 0 spiro atoms. The molecular weight excluding hydrogens is 178 g/mol. The number of rotatable bonds is 2. The topological polar surface area (TPSA) is 74.9 Å². The van der Waals surface area contributed by atoms with E-state index in [1.807, 2.05) is 12.1 Å². The van der Waals surface area contributed by atoms with Gasteiger partial charge in [0.2, 0.25) is 0 Å². The van der Waals surface area contributed by atoms with Crippen molar-refractivity contribution >= 4 is 11.0 Å². The van der Waals surface area contributed by atoms with Gasteiger partial charge in [-0.3, -0.25) is 0 Å². The number of nitrogens with one attached hydrogen (secondary N) is 1. The van der Waals surface area contributed by atoms with Gasteiger partial charge in [0.15, 0.2) is 0 Å². The summed E-state index contributed by atoms with van der Waals surface area (Å²) in [5.41, 5.74) is 6.92. The number of H-pyrrole nitrogens is 1. The Labute approximate surface area is 81.8 Å². The van der Waals surface area contributed by atoms with Crippen LogP contribution in [0.5, 0.6) is 0 Å². The van der Waals surface area contributed by atoms with E-state index in [2.05, 4.69) is 9.97 Å². The molecule has 0 unspecified atom stereocenters. The van der Waals surface area contributed by atoms with Gasteiger partial charge in [-0.2, -0.15) is 0 Å². The molecule has 4 nitrogen and oxygen atoms in total. The molecular formula is C10H13N3O. The van der Waals surface area contributed by atoms with Crippen LogP contribution in [0, 0.1) is 0 Å².